The number of hydrogen-bond acceptors (Lipinski definition) is 25. The molecule has 4 heterocycles. The Morgan fingerprint density at radius 1 is 0.831 bits per heavy atom. The van der Waals surface area contributed by atoms with Crippen LogP contribution in [0.2, 0.25) is 0 Å². The molecule has 2 amide bonds. The molecule has 2 aromatic rings. The Morgan fingerprint density at radius 2 is 1.42 bits per heavy atom. The Balaban J connectivity index is 1.42. The van der Waals surface area contributed by atoms with Crippen LogP contribution in [0.3, 0.4) is 0 Å². The number of rotatable bonds is 25. The lowest BCUT2D eigenvalue weighted by molar-refractivity contribution is -0.219. The van der Waals surface area contributed by atoms with E-state index >= 15 is 0 Å². The second-order valence-corrected chi connectivity index (χ2v) is 22.2. The fourth-order valence-electron chi connectivity index (χ4n) is 5.58. The molecule has 0 aromatic carbocycles. The van der Waals surface area contributed by atoms with Gasteiger partial charge >= 0.3 is 39.1 Å². The highest BCUT2D eigenvalue weighted by atomic mass is 32.1. The highest BCUT2D eigenvalue weighted by Gasteiger charge is 2.53. The van der Waals surface area contributed by atoms with Gasteiger partial charge in [-0.2, -0.15) is 25.6 Å². The van der Waals surface area contributed by atoms with E-state index in [0.29, 0.717) is 5.75 Å². The summed E-state index contributed by atoms with van der Waals surface area (Å²) in [6, 6.07) is 0. The van der Waals surface area contributed by atoms with E-state index in [1.165, 1.54) is 13.8 Å². The van der Waals surface area contributed by atoms with E-state index in [0.717, 1.165) is 17.2 Å². The fourth-order valence-corrected chi connectivity index (χ4v) is 11.0. The number of amides is 2. The maximum atomic E-state index is 12.9. The van der Waals surface area contributed by atoms with Gasteiger partial charge in [0.25, 0.3) is 0 Å². The summed E-state index contributed by atoms with van der Waals surface area (Å²) in [5, 5.41) is 48.0. The third kappa shape index (κ3) is 16.0. The lowest BCUT2D eigenvalue weighted by atomic mass is 9.87. The van der Waals surface area contributed by atoms with Crippen molar-refractivity contribution in [2.24, 2.45) is 5.41 Å². The van der Waals surface area contributed by atoms with Crippen molar-refractivity contribution < 1.29 is 123 Å². The third-order valence-corrected chi connectivity index (χ3v) is 15.3. The lowest BCUT2D eigenvalue weighted by Gasteiger charge is -2.30. The van der Waals surface area contributed by atoms with Crippen molar-refractivity contribution in [1.29, 1.82) is 0 Å². The summed E-state index contributed by atoms with van der Waals surface area (Å²) in [7, 11) is -28.6. The van der Waals surface area contributed by atoms with Gasteiger partial charge in [0.15, 0.2) is 24.0 Å². The number of nitrogens with zero attached hydrogens (tertiary/aromatic N) is 4. The van der Waals surface area contributed by atoms with E-state index in [-0.39, 0.29) is 36.5 Å². The first-order chi connectivity index (χ1) is 29.9. The number of aliphatic hydroxyl groups is 4. The van der Waals surface area contributed by atoms with Crippen molar-refractivity contribution in [2.75, 3.05) is 44.4 Å². The number of aromatic nitrogens is 4. The van der Waals surface area contributed by atoms with Crippen LogP contribution in [-0.4, -0.2) is 169 Å². The number of aliphatic hydroxyl groups excluding tert-OH is 4. The minimum atomic E-state index is -5.93. The zero-order valence-electron chi connectivity index (χ0n) is 33.4. The van der Waals surface area contributed by atoms with E-state index in [2.05, 4.69) is 55.7 Å². The maximum absolute atomic E-state index is 12.9. The molecule has 33 nitrogen and oxygen atoms in total. The van der Waals surface area contributed by atoms with Crippen molar-refractivity contribution in [3.63, 3.8) is 0 Å². The second-order valence-electron chi connectivity index (χ2n) is 14.2. The SMILES string of the molecule is CC(C)(COP(=O)(O)OP(=O)(O)OC[C@H]1O[C@H](n2cnc3c(N)ncnc32)[C@H](O[C@@H]2O[C@H](COP(=O)(O)OP(=O)(O)OP(=O)(O)O)[C@@H](O)[C@H]2O)[C@@H]1O)[C@@H](O)C(=O)NCCC(=O)NCCS. The van der Waals surface area contributed by atoms with Gasteiger partial charge in [-0.15, -0.1) is 0 Å². The average Bonchev–Trinajstić information content (AvgIpc) is 3.82. The van der Waals surface area contributed by atoms with Crippen LogP contribution in [0.5, 0.6) is 0 Å². The van der Waals surface area contributed by atoms with Gasteiger partial charge < -0.3 is 80.4 Å². The summed E-state index contributed by atoms with van der Waals surface area (Å²) >= 11 is 3.95. The molecule has 0 bridgehead atoms. The van der Waals surface area contributed by atoms with Crippen LogP contribution in [0, 0.1) is 5.41 Å². The molecule has 2 saturated heterocycles. The second kappa shape index (κ2) is 22.2. The number of phosphoric acid groups is 5. The van der Waals surface area contributed by atoms with Gasteiger partial charge in [0.2, 0.25) is 11.8 Å². The average molecular weight is 1060 g/mol. The van der Waals surface area contributed by atoms with Crippen molar-refractivity contribution >= 4 is 80.5 Å². The predicted molar refractivity (Wildman–Crippen MR) is 212 cm³/mol. The van der Waals surface area contributed by atoms with Gasteiger partial charge in [-0.1, -0.05) is 13.8 Å². The van der Waals surface area contributed by atoms with Crippen molar-refractivity contribution in [2.45, 2.75) is 75.5 Å². The molecule has 4 rings (SSSR count). The van der Waals surface area contributed by atoms with E-state index in [1.54, 1.807) is 0 Å². The molecule has 14 N–H and O–H groups in total. The van der Waals surface area contributed by atoms with Crippen LogP contribution in [0.4, 0.5) is 5.82 Å². The van der Waals surface area contributed by atoms with Crippen molar-refractivity contribution in [1.82, 2.24) is 30.2 Å². The van der Waals surface area contributed by atoms with Crippen LogP contribution in [0.25, 0.3) is 11.2 Å². The van der Waals surface area contributed by atoms with E-state index < -0.39 is 131 Å². The van der Waals surface area contributed by atoms with E-state index in [4.69, 9.17) is 38.8 Å². The van der Waals surface area contributed by atoms with Gasteiger partial charge in [-0.25, -0.2) is 37.8 Å². The number of anilines is 1. The van der Waals surface area contributed by atoms with Crippen LogP contribution in [0.15, 0.2) is 12.7 Å². The minimum absolute atomic E-state index is 0.00376. The zero-order valence-corrected chi connectivity index (χ0v) is 38.7. The number of thiol groups is 1. The molecule has 13 atom stereocenters. The predicted octanol–water partition coefficient (Wildman–Crippen LogP) is -2.97. The first-order valence-electron chi connectivity index (χ1n) is 18.1. The topological polar surface area (TPSA) is 499 Å². The fraction of sp³-hybridized carbons (Fsp3) is 0.731. The zero-order chi connectivity index (χ0) is 48.9. The minimum Gasteiger partial charge on any atom is -0.387 e. The van der Waals surface area contributed by atoms with Gasteiger partial charge in [0, 0.05) is 30.7 Å². The third-order valence-electron chi connectivity index (χ3n) is 8.68. The van der Waals surface area contributed by atoms with E-state index in [9.17, 15) is 72.4 Å². The molecule has 2 aliphatic rings. The van der Waals surface area contributed by atoms with Crippen LogP contribution in [-0.2, 0) is 73.1 Å². The summed E-state index contributed by atoms with van der Waals surface area (Å²) in [6.45, 7) is -0.770. The Morgan fingerprint density at radius 3 is 2.02 bits per heavy atom. The lowest BCUT2D eigenvalue weighted by Crippen LogP contribution is -2.46. The monoisotopic (exact) mass is 1060 g/mol. The summed E-state index contributed by atoms with van der Waals surface area (Å²) in [5.74, 6) is -1.15. The van der Waals surface area contributed by atoms with Crippen LogP contribution in [0.1, 0.15) is 26.5 Å². The summed E-state index contributed by atoms with van der Waals surface area (Å²) in [5.41, 5.74) is 4.16. The number of ether oxygens (including phenoxy) is 3. The number of carbonyl (C=O) groups is 2. The summed E-state index contributed by atoms with van der Waals surface area (Å²) in [6.07, 6.45) is -15.1. The highest BCUT2D eigenvalue weighted by molar-refractivity contribution is 7.80. The molecular formula is C26H46N7O26P5S. The van der Waals surface area contributed by atoms with Gasteiger partial charge in [-0.05, 0) is 0 Å². The van der Waals surface area contributed by atoms with Gasteiger partial charge in [-0.3, -0.25) is 27.7 Å². The molecule has 2 aliphatic heterocycles. The molecule has 2 fully saturated rings. The quantitative estimate of drug-likeness (QED) is 0.0349. The number of fused-ring (bicyclic) bond motifs is 1. The molecule has 2 aromatic heterocycles. The number of carbonyl (C=O) groups excluding carboxylic acids is 2. The molecule has 0 spiro atoms. The molecule has 4 unspecified atom stereocenters. The number of hydrogen-bond donors (Lipinski definition) is 14. The molecule has 39 heteroatoms. The number of nitrogens with two attached hydrogens (primary N) is 1. The normalized spacial score (nSPS) is 28.2. The molecule has 0 saturated carbocycles. The largest absolute Gasteiger partial charge is 0.490 e. The van der Waals surface area contributed by atoms with E-state index in [1.807, 2.05) is 0 Å². The first kappa shape index (κ1) is 55.6. The standard InChI is InChI=1S/C26H46N7O26P5S/c1-26(2,20(38)23(39)29-4-3-14(34)28-5-6-65)9-53-63(47,48)58-61(43,44)52-8-13-17(36)19(24(54-13)33-11-32-15-21(27)30-10-31-22(15)33)56-25-18(37)16(35)12(55-25)7-51-62(45,46)59-64(49,50)57-60(40,41)42/h10-13,16-20,24-25,35-38,65H,3-9H2,1-2H3,(H,28,34)(H,29,39)(H,43,44)(H,45,46)(H,47,48)(H,49,50)(H2,27,30,31)(H2,40,41,42)/t12-,13-,16-,17-,18-,19-,20+,24+,25+/m1/s1. The maximum Gasteiger partial charge on any atom is 0.490 e. The Hall–Kier alpha value is -1.97. The highest BCUT2D eigenvalue weighted by Crippen LogP contribution is 2.66. The Labute approximate surface area is 370 Å². The van der Waals surface area contributed by atoms with Crippen LogP contribution < -0.4 is 16.4 Å². The molecule has 0 radical (unpaired) electrons. The number of phosphoric ester groups is 3. The number of nitrogens with one attached hydrogen (secondary N) is 2. The van der Waals surface area contributed by atoms with Crippen LogP contribution >= 0.6 is 51.7 Å². The summed E-state index contributed by atoms with van der Waals surface area (Å²) < 4.78 is 104. The molecule has 65 heavy (non-hydrogen) atoms. The first-order valence-corrected chi connectivity index (χ1v) is 26.2. The smallest absolute Gasteiger partial charge is 0.387 e. The Kier molecular flexibility index (Phi) is 19.0. The van der Waals surface area contributed by atoms with Gasteiger partial charge in [0.1, 0.15) is 54.6 Å². The number of imidazole rings is 1. The number of nitrogen functional groups attached to an aromatic ring is 1. The Bertz CT molecular complexity index is 2240. The molecule has 0 aliphatic carbocycles. The van der Waals surface area contributed by atoms with Crippen molar-refractivity contribution in [3.8, 4) is 0 Å². The van der Waals surface area contributed by atoms with Crippen molar-refractivity contribution in [3.05, 3.63) is 12.7 Å². The molecular weight excluding hydrogens is 1010 g/mol. The van der Waals surface area contributed by atoms with Gasteiger partial charge in [0.05, 0.1) is 26.1 Å². The molecule has 372 valence electrons. The summed E-state index contributed by atoms with van der Waals surface area (Å²) in [4.78, 5) is 93.3.